The second kappa shape index (κ2) is 5.54. The van der Waals surface area contributed by atoms with Gasteiger partial charge in [-0.25, -0.2) is 4.98 Å². The van der Waals surface area contributed by atoms with Gasteiger partial charge in [0, 0.05) is 24.1 Å². The van der Waals surface area contributed by atoms with E-state index < -0.39 is 0 Å². The van der Waals surface area contributed by atoms with Gasteiger partial charge in [-0.1, -0.05) is 18.5 Å². The summed E-state index contributed by atoms with van der Waals surface area (Å²) in [4.78, 5) is 12.7. The third kappa shape index (κ3) is 2.73. The van der Waals surface area contributed by atoms with Crippen LogP contribution in [0.3, 0.4) is 0 Å². The zero-order chi connectivity index (χ0) is 14.8. The molecule has 2 aromatic heterocycles. The van der Waals surface area contributed by atoms with Crippen LogP contribution < -0.4 is 10.5 Å². The fraction of sp³-hybridized carbons (Fsp3) is 0.133. The van der Waals surface area contributed by atoms with E-state index in [9.17, 15) is 0 Å². The van der Waals surface area contributed by atoms with Gasteiger partial charge in [0.05, 0.1) is 5.02 Å². The molecule has 0 radical (unpaired) electrons. The lowest BCUT2D eigenvalue weighted by molar-refractivity contribution is 0.463. The molecule has 2 heterocycles. The summed E-state index contributed by atoms with van der Waals surface area (Å²) in [6.45, 7) is 1.96. The van der Waals surface area contributed by atoms with Crippen LogP contribution >= 0.6 is 11.6 Å². The van der Waals surface area contributed by atoms with Gasteiger partial charge in [0.2, 0.25) is 5.88 Å². The van der Waals surface area contributed by atoms with Crippen LogP contribution in [-0.2, 0) is 6.42 Å². The number of fused-ring (bicyclic) bond motifs is 1. The lowest BCUT2D eigenvalue weighted by Gasteiger charge is -2.09. The first kappa shape index (κ1) is 13.6. The van der Waals surface area contributed by atoms with Crippen molar-refractivity contribution < 1.29 is 4.74 Å². The van der Waals surface area contributed by atoms with Crippen molar-refractivity contribution in [3.63, 3.8) is 0 Å². The number of nitrogen functional groups attached to an aromatic ring is 1. The average molecular weight is 301 g/mol. The van der Waals surface area contributed by atoms with Gasteiger partial charge in [-0.2, -0.15) is 4.98 Å². The topological polar surface area (TPSA) is 73.9 Å². The number of hydrogen-bond donors (Lipinski definition) is 1. The highest BCUT2D eigenvalue weighted by Gasteiger charge is 2.10. The van der Waals surface area contributed by atoms with Crippen molar-refractivity contribution in [2.24, 2.45) is 0 Å². The first-order chi connectivity index (χ1) is 10.2. The van der Waals surface area contributed by atoms with E-state index in [-0.39, 0.29) is 0 Å². The summed E-state index contributed by atoms with van der Waals surface area (Å²) in [7, 11) is 0. The van der Waals surface area contributed by atoms with Crippen LogP contribution in [0.15, 0.2) is 36.5 Å². The van der Waals surface area contributed by atoms with Gasteiger partial charge in [-0.15, -0.1) is 0 Å². The molecule has 0 aliphatic carbocycles. The summed E-state index contributed by atoms with van der Waals surface area (Å²) in [5.74, 6) is 1.99. The molecule has 0 amide bonds. The molecule has 0 atom stereocenters. The Bertz CT molecular complexity index is 807. The highest BCUT2D eigenvalue weighted by molar-refractivity contribution is 6.35. The molecular formula is C15H13ClN4O. The standard InChI is InChI=1S/C15H13ClN4O/c1-2-13-19-12(17)8-14(20-13)21-11-6-5-10(16)9-4-3-7-18-15(9)11/h3-8H,2H2,1H3,(H2,17,19,20). The number of rotatable bonds is 3. The minimum atomic E-state index is 0.378. The molecule has 0 aliphatic heterocycles. The molecule has 0 saturated carbocycles. The Kier molecular flexibility index (Phi) is 3.58. The molecule has 106 valence electrons. The number of ether oxygens (including phenoxy) is 1. The van der Waals surface area contributed by atoms with Crippen LogP contribution in [-0.4, -0.2) is 15.0 Å². The maximum atomic E-state index is 6.16. The Labute approximate surface area is 126 Å². The van der Waals surface area contributed by atoms with Crippen molar-refractivity contribution >= 4 is 28.3 Å². The van der Waals surface area contributed by atoms with Gasteiger partial charge in [0.1, 0.15) is 17.2 Å². The van der Waals surface area contributed by atoms with Gasteiger partial charge in [0.25, 0.3) is 0 Å². The molecule has 3 rings (SSSR count). The summed E-state index contributed by atoms with van der Waals surface area (Å²) in [6, 6.07) is 8.84. The SMILES string of the molecule is CCc1nc(N)cc(Oc2ccc(Cl)c3cccnc23)n1. The molecular weight excluding hydrogens is 288 g/mol. The van der Waals surface area contributed by atoms with Crippen LogP contribution in [0.5, 0.6) is 11.6 Å². The smallest absolute Gasteiger partial charge is 0.224 e. The molecule has 0 aliphatic rings. The number of anilines is 1. The van der Waals surface area contributed by atoms with Gasteiger partial charge in [-0.3, -0.25) is 4.98 Å². The monoisotopic (exact) mass is 300 g/mol. The van der Waals surface area contributed by atoms with E-state index in [1.807, 2.05) is 19.1 Å². The lowest BCUT2D eigenvalue weighted by atomic mass is 10.2. The number of nitrogens with zero attached hydrogens (tertiary/aromatic N) is 3. The Balaban J connectivity index is 2.06. The van der Waals surface area contributed by atoms with Crippen molar-refractivity contribution in [1.29, 1.82) is 0 Å². The Hall–Kier alpha value is -2.40. The molecule has 5 nitrogen and oxygen atoms in total. The van der Waals surface area contributed by atoms with Crippen LogP contribution in [0.4, 0.5) is 5.82 Å². The molecule has 3 aromatic rings. The molecule has 0 spiro atoms. The van der Waals surface area contributed by atoms with Crippen LogP contribution in [0.1, 0.15) is 12.7 Å². The highest BCUT2D eigenvalue weighted by atomic mass is 35.5. The van der Waals surface area contributed by atoms with E-state index in [1.165, 1.54) is 0 Å². The number of aryl methyl sites for hydroxylation is 1. The lowest BCUT2D eigenvalue weighted by Crippen LogP contribution is -2.00. The number of halogens is 1. The number of nitrogens with two attached hydrogens (primary N) is 1. The van der Waals surface area contributed by atoms with E-state index in [4.69, 9.17) is 22.1 Å². The molecule has 21 heavy (non-hydrogen) atoms. The first-order valence-corrected chi connectivity index (χ1v) is 6.89. The number of benzene rings is 1. The average Bonchev–Trinajstić information content (AvgIpc) is 2.50. The molecule has 0 fully saturated rings. The molecule has 6 heteroatoms. The van der Waals surface area contributed by atoms with Gasteiger partial charge in [-0.05, 0) is 24.3 Å². The summed E-state index contributed by atoms with van der Waals surface area (Å²) < 4.78 is 5.82. The fourth-order valence-electron chi connectivity index (χ4n) is 2.01. The summed E-state index contributed by atoms with van der Waals surface area (Å²) in [5, 5.41) is 1.45. The Morgan fingerprint density at radius 3 is 2.90 bits per heavy atom. The van der Waals surface area contributed by atoms with Crippen LogP contribution in [0, 0.1) is 0 Å². The maximum absolute atomic E-state index is 6.16. The normalized spacial score (nSPS) is 10.8. The second-order valence-electron chi connectivity index (χ2n) is 4.45. The number of pyridine rings is 1. The van der Waals surface area contributed by atoms with Crippen LogP contribution in [0.2, 0.25) is 5.02 Å². The predicted molar refractivity (Wildman–Crippen MR) is 82.6 cm³/mol. The fourth-order valence-corrected chi connectivity index (χ4v) is 2.23. The van der Waals surface area contributed by atoms with Crippen molar-refractivity contribution in [2.75, 3.05) is 5.73 Å². The second-order valence-corrected chi connectivity index (χ2v) is 4.86. The largest absolute Gasteiger partial charge is 0.437 e. The van der Waals surface area contributed by atoms with Crippen molar-refractivity contribution in [1.82, 2.24) is 15.0 Å². The van der Waals surface area contributed by atoms with Gasteiger partial charge in [0.15, 0.2) is 5.75 Å². The Morgan fingerprint density at radius 1 is 1.24 bits per heavy atom. The van der Waals surface area contributed by atoms with Crippen molar-refractivity contribution in [2.45, 2.75) is 13.3 Å². The highest BCUT2D eigenvalue weighted by Crippen LogP contribution is 2.32. The van der Waals surface area contributed by atoms with Crippen molar-refractivity contribution in [3.05, 3.63) is 47.4 Å². The zero-order valence-corrected chi connectivity index (χ0v) is 12.1. The molecule has 0 bridgehead atoms. The molecule has 1 aromatic carbocycles. The molecule has 2 N–H and O–H groups in total. The summed E-state index contributed by atoms with van der Waals surface area (Å²) in [5.41, 5.74) is 6.44. The molecule has 0 unspecified atom stereocenters. The van der Waals surface area contributed by atoms with E-state index in [1.54, 1.807) is 24.4 Å². The number of aromatic nitrogens is 3. The van der Waals surface area contributed by atoms with Crippen LogP contribution in [0.25, 0.3) is 10.9 Å². The Morgan fingerprint density at radius 2 is 2.10 bits per heavy atom. The minimum absolute atomic E-state index is 0.378. The molecule has 0 saturated heterocycles. The first-order valence-electron chi connectivity index (χ1n) is 6.52. The predicted octanol–water partition coefficient (Wildman–Crippen LogP) is 3.62. The van der Waals surface area contributed by atoms with Gasteiger partial charge < -0.3 is 10.5 Å². The maximum Gasteiger partial charge on any atom is 0.224 e. The van der Waals surface area contributed by atoms with E-state index in [2.05, 4.69) is 15.0 Å². The quantitative estimate of drug-likeness (QED) is 0.799. The minimum Gasteiger partial charge on any atom is -0.437 e. The van der Waals surface area contributed by atoms with E-state index >= 15 is 0 Å². The summed E-state index contributed by atoms with van der Waals surface area (Å²) >= 11 is 6.16. The van der Waals surface area contributed by atoms with Crippen molar-refractivity contribution in [3.8, 4) is 11.6 Å². The van der Waals surface area contributed by atoms with E-state index in [0.29, 0.717) is 40.2 Å². The third-order valence-corrected chi connectivity index (χ3v) is 3.31. The van der Waals surface area contributed by atoms with Gasteiger partial charge >= 0.3 is 0 Å². The summed E-state index contributed by atoms with van der Waals surface area (Å²) in [6.07, 6.45) is 2.37. The third-order valence-electron chi connectivity index (χ3n) is 2.98. The van der Waals surface area contributed by atoms with E-state index in [0.717, 1.165) is 5.39 Å². The number of hydrogen-bond acceptors (Lipinski definition) is 5. The zero-order valence-electron chi connectivity index (χ0n) is 11.4.